The molecular weight excluding hydrogens is 352 g/mol. The second-order valence-corrected chi connectivity index (χ2v) is 8.27. The van der Waals surface area contributed by atoms with Crippen LogP contribution in [0.1, 0.15) is 26.2 Å². The molecule has 24 heavy (non-hydrogen) atoms. The second kappa shape index (κ2) is 8.49. The Morgan fingerprint density at radius 1 is 1.38 bits per heavy atom. The highest BCUT2D eigenvalue weighted by Gasteiger charge is 2.37. The molecule has 1 aromatic carbocycles. The van der Waals surface area contributed by atoms with E-state index in [0.29, 0.717) is 18.2 Å². The van der Waals surface area contributed by atoms with Crippen molar-refractivity contribution in [3.63, 3.8) is 0 Å². The molecule has 0 spiro atoms. The van der Waals surface area contributed by atoms with Gasteiger partial charge in [-0.2, -0.15) is 4.31 Å². The van der Waals surface area contributed by atoms with E-state index in [0.717, 1.165) is 19.3 Å². The quantitative estimate of drug-likeness (QED) is 0.738. The Morgan fingerprint density at radius 3 is 2.79 bits per heavy atom. The van der Waals surface area contributed by atoms with Crippen molar-refractivity contribution in [2.75, 3.05) is 26.9 Å². The fourth-order valence-corrected chi connectivity index (χ4v) is 5.09. The van der Waals surface area contributed by atoms with Gasteiger partial charge in [-0.05, 0) is 38.0 Å². The summed E-state index contributed by atoms with van der Waals surface area (Å²) < 4.78 is 38.4. The van der Waals surface area contributed by atoms with E-state index in [1.165, 1.54) is 10.4 Å². The smallest absolute Gasteiger partial charge is 0.247 e. The molecule has 0 radical (unpaired) electrons. The summed E-state index contributed by atoms with van der Waals surface area (Å²) in [6.45, 7) is 2.93. The molecule has 6 nitrogen and oxygen atoms in total. The Hall–Kier alpha value is -0.860. The third-order valence-corrected chi connectivity index (χ3v) is 6.32. The lowest BCUT2D eigenvalue weighted by atomic mass is 10.00. The van der Waals surface area contributed by atoms with E-state index in [1.54, 1.807) is 19.2 Å². The van der Waals surface area contributed by atoms with Crippen LogP contribution < -0.4 is 10.5 Å². The SMILES string of the molecule is COCCOc1ccc(Cl)cc1S(=O)(=O)N1CCCC[C@@H]1[C@@H](C)N. The summed E-state index contributed by atoms with van der Waals surface area (Å²) in [6.07, 6.45) is 2.56. The predicted molar refractivity (Wildman–Crippen MR) is 94.0 cm³/mol. The number of halogens is 1. The first kappa shape index (κ1) is 19.5. The van der Waals surface area contributed by atoms with Gasteiger partial charge < -0.3 is 15.2 Å². The number of hydrogen-bond donors (Lipinski definition) is 1. The number of methoxy groups -OCH3 is 1. The molecule has 0 unspecified atom stereocenters. The molecule has 0 amide bonds. The number of nitrogens with two attached hydrogens (primary N) is 1. The Kier molecular flexibility index (Phi) is 6.88. The molecule has 0 aliphatic carbocycles. The zero-order chi connectivity index (χ0) is 17.7. The van der Waals surface area contributed by atoms with Crippen molar-refractivity contribution >= 4 is 21.6 Å². The standard InChI is InChI=1S/C16H25ClN2O4S/c1-12(18)14-5-3-4-8-19(14)24(20,21)16-11-13(17)6-7-15(16)23-10-9-22-2/h6-7,11-12,14H,3-5,8-10,18H2,1-2H3/t12-,14-/m1/s1. The maximum Gasteiger partial charge on any atom is 0.247 e. The summed E-state index contributed by atoms with van der Waals surface area (Å²) >= 11 is 6.03. The molecule has 1 aliphatic heterocycles. The monoisotopic (exact) mass is 376 g/mol. The number of piperidine rings is 1. The fraction of sp³-hybridized carbons (Fsp3) is 0.625. The molecule has 1 aliphatic rings. The average Bonchev–Trinajstić information content (AvgIpc) is 2.56. The largest absolute Gasteiger partial charge is 0.490 e. The van der Waals surface area contributed by atoms with Crippen molar-refractivity contribution < 1.29 is 17.9 Å². The zero-order valence-electron chi connectivity index (χ0n) is 14.1. The molecule has 0 aromatic heterocycles. The Labute approximate surface area is 148 Å². The van der Waals surface area contributed by atoms with Crippen molar-refractivity contribution in [1.82, 2.24) is 4.31 Å². The van der Waals surface area contributed by atoms with Gasteiger partial charge in [0.05, 0.1) is 6.61 Å². The number of hydrogen-bond acceptors (Lipinski definition) is 5. The number of rotatable bonds is 7. The van der Waals surface area contributed by atoms with E-state index in [-0.39, 0.29) is 29.3 Å². The van der Waals surface area contributed by atoms with Crippen LogP contribution in [0.15, 0.2) is 23.1 Å². The summed E-state index contributed by atoms with van der Waals surface area (Å²) in [6, 6.07) is 4.18. The highest BCUT2D eigenvalue weighted by atomic mass is 35.5. The van der Waals surface area contributed by atoms with Crippen LogP contribution in [0.5, 0.6) is 5.75 Å². The van der Waals surface area contributed by atoms with Gasteiger partial charge in [0, 0.05) is 30.8 Å². The number of nitrogens with zero attached hydrogens (tertiary/aromatic N) is 1. The van der Waals surface area contributed by atoms with Crippen LogP contribution in [0.2, 0.25) is 5.02 Å². The van der Waals surface area contributed by atoms with E-state index in [1.807, 2.05) is 6.92 Å². The topological polar surface area (TPSA) is 81.9 Å². The summed E-state index contributed by atoms with van der Waals surface area (Å²) in [5, 5.41) is 0.349. The first-order valence-corrected chi connectivity index (χ1v) is 9.88. The zero-order valence-corrected chi connectivity index (χ0v) is 15.6. The third-order valence-electron chi connectivity index (χ3n) is 4.14. The van der Waals surface area contributed by atoms with E-state index in [9.17, 15) is 8.42 Å². The molecule has 8 heteroatoms. The molecule has 1 saturated heterocycles. The van der Waals surface area contributed by atoms with Crippen LogP contribution >= 0.6 is 11.6 Å². The van der Waals surface area contributed by atoms with E-state index >= 15 is 0 Å². The molecule has 1 heterocycles. The predicted octanol–water partition coefficient (Wildman–Crippen LogP) is 2.26. The van der Waals surface area contributed by atoms with Gasteiger partial charge in [-0.25, -0.2) is 8.42 Å². The van der Waals surface area contributed by atoms with Gasteiger partial charge in [-0.3, -0.25) is 0 Å². The van der Waals surface area contributed by atoms with Gasteiger partial charge in [0.1, 0.15) is 17.3 Å². The minimum absolute atomic E-state index is 0.0821. The molecule has 1 fully saturated rings. The maximum absolute atomic E-state index is 13.2. The lowest BCUT2D eigenvalue weighted by Crippen LogP contribution is -2.51. The molecule has 0 bridgehead atoms. The Balaban J connectivity index is 2.38. The molecular formula is C16H25ClN2O4S. The summed E-state index contributed by atoms with van der Waals surface area (Å²) in [7, 11) is -2.18. The van der Waals surface area contributed by atoms with Gasteiger partial charge in [0.25, 0.3) is 0 Å². The second-order valence-electron chi connectivity index (χ2n) is 5.97. The van der Waals surface area contributed by atoms with Gasteiger partial charge in [0.15, 0.2) is 0 Å². The number of ether oxygens (including phenoxy) is 2. The van der Waals surface area contributed by atoms with Crippen LogP contribution in [-0.4, -0.2) is 51.7 Å². The first-order valence-electron chi connectivity index (χ1n) is 8.06. The molecule has 1 aromatic rings. The lowest BCUT2D eigenvalue weighted by molar-refractivity contribution is 0.144. The van der Waals surface area contributed by atoms with E-state index in [2.05, 4.69) is 0 Å². The fourth-order valence-electron chi connectivity index (χ4n) is 2.92. The summed E-state index contributed by atoms with van der Waals surface area (Å²) in [5.74, 6) is 0.283. The van der Waals surface area contributed by atoms with Gasteiger partial charge >= 0.3 is 0 Å². The summed E-state index contributed by atoms with van der Waals surface area (Å²) in [5.41, 5.74) is 6.02. The van der Waals surface area contributed by atoms with Crippen LogP contribution in [0, 0.1) is 0 Å². The van der Waals surface area contributed by atoms with Crippen molar-refractivity contribution in [2.45, 2.75) is 43.2 Å². The normalized spacial score (nSPS) is 20.8. The summed E-state index contributed by atoms with van der Waals surface area (Å²) in [4.78, 5) is 0.0821. The third kappa shape index (κ3) is 4.40. The number of benzene rings is 1. The minimum atomic E-state index is -3.74. The Morgan fingerprint density at radius 2 is 2.12 bits per heavy atom. The molecule has 136 valence electrons. The van der Waals surface area contributed by atoms with Gasteiger partial charge in [-0.1, -0.05) is 18.0 Å². The van der Waals surface area contributed by atoms with Crippen LogP contribution in [-0.2, 0) is 14.8 Å². The minimum Gasteiger partial charge on any atom is -0.490 e. The highest BCUT2D eigenvalue weighted by molar-refractivity contribution is 7.89. The van der Waals surface area contributed by atoms with Crippen LogP contribution in [0.3, 0.4) is 0 Å². The van der Waals surface area contributed by atoms with Crippen molar-refractivity contribution in [3.8, 4) is 5.75 Å². The lowest BCUT2D eigenvalue weighted by Gasteiger charge is -2.37. The van der Waals surface area contributed by atoms with Gasteiger partial charge in [-0.15, -0.1) is 0 Å². The first-order chi connectivity index (χ1) is 11.4. The van der Waals surface area contributed by atoms with Gasteiger partial charge in [0.2, 0.25) is 10.0 Å². The number of sulfonamides is 1. The molecule has 2 rings (SSSR count). The highest BCUT2D eigenvalue weighted by Crippen LogP contribution is 2.33. The molecule has 2 atom stereocenters. The van der Waals surface area contributed by atoms with Crippen molar-refractivity contribution in [3.05, 3.63) is 23.2 Å². The van der Waals surface area contributed by atoms with Crippen LogP contribution in [0.4, 0.5) is 0 Å². The van der Waals surface area contributed by atoms with E-state index in [4.69, 9.17) is 26.8 Å². The maximum atomic E-state index is 13.2. The molecule has 2 N–H and O–H groups in total. The average molecular weight is 377 g/mol. The van der Waals surface area contributed by atoms with Crippen LogP contribution in [0.25, 0.3) is 0 Å². The van der Waals surface area contributed by atoms with E-state index < -0.39 is 10.0 Å². The van der Waals surface area contributed by atoms with Crippen molar-refractivity contribution in [2.24, 2.45) is 5.73 Å². The molecule has 0 saturated carbocycles. The Bertz CT molecular complexity index is 651. The van der Waals surface area contributed by atoms with Crippen molar-refractivity contribution in [1.29, 1.82) is 0 Å².